The third-order valence-electron chi connectivity index (χ3n) is 6.67. The molecule has 1 aliphatic heterocycles. The Labute approximate surface area is 204 Å². The number of carbonyl (C=O) groups is 3. The zero-order valence-electron chi connectivity index (χ0n) is 19.7. The Morgan fingerprint density at radius 2 is 1.66 bits per heavy atom. The van der Waals surface area contributed by atoms with Gasteiger partial charge in [-0.2, -0.15) is 0 Å². The number of hydrogen-bond acceptors (Lipinski definition) is 5. The number of rotatable bonds is 8. The first-order chi connectivity index (χ1) is 16.9. The highest BCUT2D eigenvalue weighted by atomic mass is 16.5. The zero-order chi connectivity index (χ0) is 24.8. The Hall–Kier alpha value is -3.65. The zero-order valence-corrected chi connectivity index (χ0v) is 19.7. The fraction of sp³-hybridized carbons (Fsp3) is 0.370. The number of nitrogens with one attached hydrogen (secondary N) is 2. The highest BCUT2D eigenvalue weighted by Gasteiger charge is 2.36. The molecule has 0 saturated carbocycles. The first-order valence-electron chi connectivity index (χ1n) is 11.8. The fourth-order valence-corrected chi connectivity index (χ4v) is 4.77. The maximum absolute atomic E-state index is 12.6. The third-order valence-corrected chi connectivity index (χ3v) is 6.67. The van der Waals surface area contributed by atoms with Gasteiger partial charge in [0.2, 0.25) is 5.91 Å². The number of carboxylic acid groups (broad SMARTS) is 1. The van der Waals surface area contributed by atoms with Crippen molar-refractivity contribution in [2.75, 3.05) is 26.4 Å². The summed E-state index contributed by atoms with van der Waals surface area (Å²) < 4.78 is 10.8. The fourth-order valence-electron chi connectivity index (χ4n) is 4.77. The quantitative estimate of drug-likeness (QED) is 0.500. The van der Waals surface area contributed by atoms with Crippen LogP contribution in [0.3, 0.4) is 0 Å². The Balaban J connectivity index is 1.29. The molecule has 184 valence electrons. The van der Waals surface area contributed by atoms with Crippen molar-refractivity contribution < 1.29 is 29.0 Å². The van der Waals surface area contributed by atoms with Gasteiger partial charge < -0.3 is 25.2 Å². The van der Waals surface area contributed by atoms with Crippen molar-refractivity contribution in [3.8, 4) is 11.1 Å². The van der Waals surface area contributed by atoms with Crippen LogP contribution < -0.4 is 10.6 Å². The molecule has 3 N–H and O–H groups in total. The number of amides is 2. The van der Waals surface area contributed by atoms with Crippen molar-refractivity contribution in [2.45, 2.75) is 37.6 Å². The average Bonchev–Trinajstić information content (AvgIpc) is 3.16. The largest absolute Gasteiger partial charge is 0.481 e. The molecule has 0 unspecified atom stereocenters. The lowest BCUT2D eigenvalue weighted by atomic mass is 9.86. The Kier molecular flexibility index (Phi) is 7.51. The van der Waals surface area contributed by atoms with Gasteiger partial charge in [-0.05, 0) is 42.0 Å². The minimum absolute atomic E-state index is 0.0268. The molecule has 0 bridgehead atoms. The van der Waals surface area contributed by atoms with Gasteiger partial charge in [0.05, 0.1) is 12.0 Å². The first kappa shape index (κ1) is 24.5. The molecular weight excluding hydrogens is 448 g/mol. The van der Waals surface area contributed by atoms with Gasteiger partial charge in [0.25, 0.3) is 0 Å². The second-order valence-corrected chi connectivity index (χ2v) is 9.01. The molecule has 1 saturated heterocycles. The number of alkyl carbamates (subject to hydrolysis) is 1. The minimum Gasteiger partial charge on any atom is -0.481 e. The molecule has 8 nitrogen and oxygen atoms in total. The number of benzene rings is 2. The van der Waals surface area contributed by atoms with Gasteiger partial charge in [-0.15, -0.1) is 0 Å². The molecule has 2 aromatic rings. The second kappa shape index (κ2) is 10.7. The summed E-state index contributed by atoms with van der Waals surface area (Å²) in [5, 5.41) is 14.8. The number of aliphatic carboxylic acids is 1. The molecule has 0 radical (unpaired) electrons. The van der Waals surface area contributed by atoms with Gasteiger partial charge in [-0.25, -0.2) is 4.79 Å². The van der Waals surface area contributed by atoms with Crippen LogP contribution in [0.1, 0.15) is 43.2 Å². The van der Waals surface area contributed by atoms with Gasteiger partial charge in [-0.3, -0.25) is 9.59 Å². The van der Waals surface area contributed by atoms with Crippen molar-refractivity contribution >= 4 is 18.0 Å². The smallest absolute Gasteiger partial charge is 0.407 e. The molecule has 1 fully saturated rings. The van der Waals surface area contributed by atoms with Crippen molar-refractivity contribution in [1.29, 1.82) is 0 Å². The third kappa shape index (κ3) is 5.71. The van der Waals surface area contributed by atoms with Crippen molar-refractivity contribution in [3.05, 3.63) is 71.3 Å². The van der Waals surface area contributed by atoms with E-state index in [2.05, 4.69) is 34.9 Å². The first-order valence-corrected chi connectivity index (χ1v) is 11.8. The predicted octanol–water partition coefficient (Wildman–Crippen LogP) is 3.61. The molecule has 2 aromatic carbocycles. The molecule has 0 aromatic heterocycles. The lowest BCUT2D eigenvalue weighted by molar-refractivity contribution is -0.140. The molecule has 1 heterocycles. The summed E-state index contributed by atoms with van der Waals surface area (Å²) in [7, 11) is 0. The number of carboxylic acids is 1. The van der Waals surface area contributed by atoms with Gasteiger partial charge in [0, 0.05) is 31.2 Å². The maximum atomic E-state index is 12.6. The highest BCUT2D eigenvalue weighted by Crippen LogP contribution is 2.44. The molecule has 4 rings (SSSR count). The van der Waals surface area contributed by atoms with E-state index in [0.29, 0.717) is 31.6 Å². The van der Waals surface area contributed by atoms with Gasteiger partial charge >= 0.3 is 12.1 Å². The Bertz CT molecular complexity index is 1090. The summed E-state index contributed by atoms with van der Waals surface area (Å²) >= 11 is 0. The Morgan fingerprint density at radius 3 is 2.26 bits per heavy atom. The predicted molar refractivity (Wildman–Crippen MR) is 130 cm³/mol. The van der Waals surface area contributed by atoms with Crippen LogP contribution in [0.4, 0.5) is 4.79 Å². The van der Waals surface area contributed by atoms with E-state index in [1.807, 2.05) is 24.3 Å². The number of carbonyl (C=O) groups excluding carboxylic acids is 2. The van der Waals surface area contributed by atoms with Crippen LogP contribution >= 0.6 is 0 Å². The summed E-state index contributed by atoms with van der Waals surface area (Å²) in [4.78, 5) is 36.3. The van der Waals surface area contributed by atoms with E-state index in [1.54, 1.807) is 13.0 Å². The van der Waals surface area contributed by atoms with E-state index < -0.39 is 17.6 Å². The highest BCUT2D eigenvalue weighted by molar-refractivity contribution is 5.93. The van der Waals surface area contributed by atoms with Gasteiger partial charge in [-0.1, -0.05) is 54.6 Å². The summed E-state index contributed by atoms with van der Waals surface area (Å²) in [6.07, 6.45) is 1.74. The normalized spacial score (nSPS) is 16.7. The molecule has 0 spiro atoms. The summed E-state index contributed by atoms with van der Waals surface area (Å²) in [6.45, 7) is 2.76. The monoisotopic (exact) mass is 478 g/mol. The summed E-state index contributed by atoms with van der Waals surface area (Å²) in [5.41, 5.74) is 4.16. The van der Waals surface area contributed by atoms with E-state index in [1.165, 1.54) is 0 Å². The molecule has 8 heteroatoms. The molecule has 35 heavy (non-hydrogen) atoms. The van der Waals surface area contributed by atoms with Crippen LogP contribution in [0.15, 0.2) is 60.2 Å². The van der Waals surface area contributed by atoms with Crippen molar-refractivity contribution in [2.24, 2.45) is 0 Å². The number of ether oxygens (including phenoxy) is 2. The van der Waals surface area contributed by atoms with Crippen LogP contribution in [0.5, 0.6) is 0 Å². The molecule has 2 amide bonds. The van der Waals surface area contributed by atoms with Crippen LogP contribution in [-0.4, -0.2) is 55.0 Å². The van der Waals surface area contributed by atoms with Crippen molar-refractivity contribution in [1.82, 2.24) is 10.6 Å². The SMILES string of the molecule is C/C(=C\CNC(=O)OCC1c2ccccc2-c2ccccc21)C(=O)NC1(CC(=O)O)CCOCC1. The van der Waals surface area contributed by atoms with Crippen LogP contribution in [0.2, 0.25) is 0 Å². The van der Waals surface area contributed by atoms with Gasteiger partial charge in [0.1, 0.15) is 6.61 Å². The van der Waals surface area contributed by atoms with Crippen LogP contribution in [0.25, 0.3) is 11.1 Å². The van der Waals surface area contributed by atoms with Crippen LogP contribution in [-0.2, 0) is 19.1 Å². The average molecular weight is 479 g/mol. The lowest BCUT2D eigenvalue weighted by Crippen LogP contribution is -2.53. The van der Waals surface area contributed by atoms with E-state index >= 15 is 0 Å². The summed E-state index contributed by atoms with van der Waals surface area (Å²) in [6, 6.07) is 16.2. The van der Waals surface area contributed by atoms with E-state index in [9.17, 15) is 19.5 Å². The second-order valence-electron chi connectivity index (χ2n) is 9.01. The maximum Gasteiger partial charge on any atom is 0.407 e. The topological polar surface area (TPSA) is 114 Å². The van der Waals surface area contributed by atoms with E-state index in [-0.39, 0.29) is 31.4 Å². The number of fused-ring (bicyclic) bond motifs is 3. The van der Waals surface area contributed by atoms with Crippen molar-refractivity contribution in [3.63, 3.8) is 0 Å². The number of hydrogen-bond donors (Lipinski definition) is 3. The molecular formula is C27H30N2O6. The lowest BCUT2D eigenvalue weighted by Gasteiger charge is -2.37. The van der Waals surface area contributed by atoms with E-state index in [0.717, 1.165) is 22.3 Å². The molecule has 1 aliphatic carbocycles. The minimum atomic E-state index is -0.967. The Morgan fingerprint density at radius 1 is 1.06 bits per heavy atom. The molecule has 0 atom stereocenters. The molecule has 2 aliphatic rings. The van der Waals surface area contributed by atoms with Gasteiger partial charge in [0.15, 0.2) is 0 Å². The van der Waals surface area contributed by atoms with E-state index in [4.69, 9.17) is 9.47 Å². The standard InChI is InChI=1S/C27H30N2O6/c1-18(25(32)29-27(16-24(30)31)11-14-34-15-12-27)10-13-28-26(33)35-17-23-21-8-4-2-6-19(21)20-7-3-5-9-22(20)23/h2-10,23H,11-17H2,1H3,(H,28,33)(H,29,32)(H,30,31)/b18-10+. The van der Waals surface area contributed by atoms with Crippen LogP contribution in [0, 0.1) is 0 Å². The summed E-state index contributed by atoms with van der Waals surface area (Å²) in [5.74, 6) is -1.35.